The van der Waals surface area contributed by atoms with E-state index in [2.05, 4.69) is 26.6 Å². The van der Waals surface area contributed by atoms with Gasteiger partial charge in [0.25, 0.3) is 0 Å². The molecule has 0 bridgehead atoms. The molecule has 2 N–H and O–H groups in total. The van der Waals surface area contributed by atoms with Crippen LogP contribution >= 0.6 is 15.9 Å². The topological polar surface area (TPSA) is 41.1 Å². The van der Waals surface area contributed by atoms with Gasteiger partial charge in [-0.2, -0.15) is 0 Å². The Hall–Kier alpha value is -0.870. The van der Waals surface area contributed by atoms with Crippen LogP contribution in [0.1, 0.15) is 18.4 Å². The van der Waals surface area contributed by atoms with Crippen molar-refractivity contribution in [1.29, 1.82) is 0 Å². The number of hydrogen-bond acceptors (Lipinski definition) is 2. The fourth-order valence-corrected chi connectivity index (χ4v) is 2.47. The molecule has 1 aromatic rings. The molecule has 1 heterocycles. The van der Waals surface area contributed by atoms with Gasteiger partial charge in [0.05, 0.1) is 5.92 Å². The predicted molar refractivity (Wildman–Crippen MR) is 71.6 cm³/mol. The van der Waals surface area contributed by atoms with Gasteiger partial charge in [-0.05, 0) is 31.0 Å². The van der Waals surface area contributed by atoms with Crippen molar-refractivity contribution in [2.45, 2.75) is 19.4 Å². The van der Waals surface area contributed by atoms with Crippen LogP contribution in [0.2, 0.25) is 0 Å². The Labute approximate surface area is 110 Å². The van der Waals surface area contributed by atoms with Gasteiger partial charge in [0.15, 0.2) is 0 Å². The molecule has 0 radical (unpaired) electrons. The number of benzene rings is 1. The third-order valence-electron chi connectivity index (χ3n) is 3.08. The van der Waals surface area contributed by atoms with Crippen molar-refractivity contribution < 1.29 is 4.79 Å². The standard InChI is InChI=1S/C13H17BrN2O/c14-12-6-2-1-4-10(12)9-16-13(17)11-5-3-7-15-8-11/h1-2,4,6,11,15H,3,5,7-9H2,(H,16,17)/t11-/m1/s1. The summed E-state index contributed by atoms with van der Waals surface area (Å²) in [7, 11) is 0. The van der Waals surface area contributed by atoms with Gasteiger partial charge in [-0.15, -0.1) is 0 Å². The lowest BCUT2D eigenvalue weighted by atomic mass is 9.99. The number of rotatable bonds is 3. The van der Waals surface area contributed by atoms with Crippen LogP contribution < -0.4 is 10.6 Å². The molecule has 2 rings (SSSR count). The zero-order valence-corrected chi connectivity index (χ0v) is 11.3. The highest BCUT2D eigenvalue weighted by Gasteiger charge is 2.20. The van der Waals surface area contributed by atoms with Gasteiger partial charge in [-0.3, -0.25) is 4.79 Å². The van der Waals surface area contributed by atoms with E-state index in [9.17, 15) is 4.79 Å². The molecule has 1 atom stereocenters. The molecule has 1 aliphatic rings. The van der Waals surface area contributed by atoms with E-state index in [1.54, 1.807) is 0 Å². The number of halogens is 1. The van der Waals surface area contributed by atoms with Crippen molar-refractivity contribution in [3.63, 3.8) is 0 Å². The summed E-state index contributed by atoms with van der Waals surface area (Å²) < 4.78 is 1.04. The summed E-state index contributed by atoms with van der Waals surface area (Å²) in [6.07, 6.45) is 2.09. The fraction of sp³-hybridized carbons (Fsp3) is 0.462. The normalized spacial score (nSPS) is 19.9. The lowest BCUT2D eigenvalue weighted by molar-refractivity contribution is -0.125. The molecule has 1 fully saturated rings. The van der Waals surface area contributed by atoms with Crippen LogP contribution in [-0.4, -0.2) is 19.0 Å². The van der Waals surface area contributed by atoms with Crippen molar-refractivity contribution in [3.05, 3.63) is 34.3 Å². The number of carbonyl (C=O) groups excluding carboxylic acids is 1. The summed E-state index contributed by atoms with van der Waals surface area (Å²) in [6, 6.07) is 7.96. The van der Waals surface area contributed by atoms with Crippen LogP contribution in [0.5, 0.6) is 0 Å². The lowest BCUT2D eigenvalue weighted by Gasteiger charge is -2.22. The Kier molecular flexibility index (Phi) is 4.57. The van der Waals surface area contributed by atoms with Gasteiger partial charge < -0.3 is 10.6 Å². The van der Waals surface area contributed by atoms with Crippen molar-refractivity contribution in [1.82, 2.24) is 10.6 Å². The van der Waals surface area contributed by atoms with Crippen LogP contribution in [0.4, 0.5) is 0 Å². The zero-order chi connectivity index (χ0) is 12.1. The molecule has 1 aromatic carbocycles. The maximum absolute atomic E-state index is 11.9. The van der Waals surface area contributed by atoms with Gasteiger partial charge in [0, 0.05) is 17.6 Å². The molecule has 0 aromatic heterocycles. The van der Waals surface area contributed by atoms with Crippen LogP contribution in [-0.2, 0) is 11.3 Å². The van der Waals surface area contributed by atoms with Crippen molar-refractivity contribution >= 4 is 21.8 Å². The van der Waals surface area contributed by atoms with Crippen LogP contribution in [0.3, 0.4) is 0 Å². The van der Waals surface area contributed by atoms with E-state index in [-0.39, 0.29) is 11.8 Å². The van der Waals surface area contributed by atoms with E-state index in [0.29, 0.717) is 6.54 Å². The first-order valence-corrected chi connectivity index (χ1v) is 6.78. The molecule has 0 saturated carbocycles. The third kappa shape index (κ3) is 3.54. The van der Waals surface area contributed by atoms with Gasteiger partial charge in [0.2, 0.25) is 5.91 Å². The fourth-order valence-electron chi connectivity index (χ4n) is 2.04. The summed E-state index contributed by atoms with van der Waals surface area (Å²) in [5, 5.41) is 6.26. The van der Waals surface area contributed by atoms with E-state index in [4.69, 9.17) is 0 Å². The Morgan fingerprint density at radius 3 is 3.00 bits per heavy atom. The summed E-state index contributed by atoms with van der Waals surface area (Å²) >= 11 is 3.48. The van der Waals surface area contributed by atoms with Gasteiger partial charge in [-0.25, -0.2) is 0 Å². The largest absolute Gasteiger partial charge is 0.352 e. The molecule has 0 unspecified atom stereocenters. The van der Waals surface area contributed by atoms with Crippen molar-refractivity contribution in [3.8, 4) is 0 Å². The molecule has 1 saturated heterocycles. The van der Waals surface area contributed by atoms with E-state index in [1.807, 2.05) is 24.3 Å². The summed E-state index contributed by atoms with van der Waals surface area (Å²) in [5.41, 5.74) is 1.12. The molecule has 17 heavy (non-hydrogen) atoms. The Bertz CT molecular complexity index is 389. The van der Waals surface area contributed by atoms with E-state index >= 15 is 0 Å². The van der Waals surface area contributed by atoms with Crippen LogP contribution in [0, 0.1) is 5.92 Å². The smallest absolute Gasteiger partial charge is 0.224 e. The molecule has 3 nitrogen and oxygen atoms in total. The minimum Gasteiger partial charge on any atom is -0.352 e. The number of carbonyl (C=O) groups is 1. The second kappa shape index (κ2) is 6.17. The quantitative estimate of drug-likeness (QED) is 0.896. The average Bonchev–Trinajstić information content (AvgIpc) is 2.38. The molecule has 1 aliphatic heterocycles. The SMILES string of the molecule is O=C(NCc1ccccc1Br)[C@@H]1CCCNC1. The highest BCUT2D eigenvalue weighted by Crippen LogP contribution is 2.16. The maximum atomic E-state index is 11.9. The minimum atomic E-state index is 0.131. The van der Waals surface area contributed by atoms with E-state index in [0.717, 1.165) is 36.0 Å². The maximum Gasteiger partial charge on any atom is 0.224 e. The first-order valence-electron chi connectivity index (χ1n) is 5.99. The zero-order valence-electron chi connectivity index (χ0n) is 9.71. The van der Waals surface area contributed by atoms with Crippen molar-refractivity contribution in [2.24, 2.45) is 5.92 Å². The van der Waals surface area contributed by atoms with Crippen molar-refractivity contribution in [2.75, 3.05) is 13.1 Å². The molecular weight excluding hydrogens is 280 g/mol. The first-order chi connectivity index (χ1) is 8.27. The minimum absolute atomic E-state index is 0.131. The monoisotopic (exact) mass is 296 g/mol. The Morgan fingerprint density at radius 2 is 2.29 bits per heavy atom. The number of nitrogens with one attached hydrogen (secondary N) is 2. The number of amides is 1. The summed E-state index contributed by atoms with van der Waals surface area (Å²) in [5.74, 6) is 0.291. The molecule has 0 aliphatic carbocycles. The third-order valence-corrected chi connectivity index (χ3v) is 3.85. The Balaban J connectivity index is 1.85. The molecular formula is C13H17BrN2O. The second-order valence-corrected chi connectivity index (χ2v) is 5.21. The first kappa shape index (κ1) is 12.6. The molecule has 4 heteroatoms. The Morgan fingerprint density at radius 1 is 1.47 bits per heavy atom. The van der Waals surface area contributed by atoms with Gasteiger partial charge in [0.1, 0.15) is 0 Å². The molecule has 92 valence electrons. The van der Waals surface area contributed by atoms with Crippen LogP contribution in [0.15, 0.2) is 28.7 Å². The van der Waals surface area contributed by atoms with E-state index in [1.165, 1.54) is 0 Å². The number of hydrogen-bond donors (Lipinski definition) is 2. The second-order valence-electron chi connectivity index (χ2n) is 4.35. The lowest BCUT2D eigenvalue weighted by Crippen LogP contribution is -2.40. The summed E-state index contributed by atoms with van der Waals surface area (Å²) in [6.45, 7) is 2.44. The summed E-state index contributed by atoms with van der Waals surface area (Å²) in [4.78, 5) is 11.9. The highest BCUT2D eigenvalue weighted by molar-refractivity contribution is 9.10. The predicted octanol–water partition coefficient (Wildman–Crippen LogP) is 2.06. The molecule has 1 amide bonds. The average molecular weight is 297 g/mol. The van der Waals surface area contributed by atoms with E-state index < -0.39 is 0 Å². The number of piperidine rings is 1. The van der Waals surface area contributed by atoms with Gasteiger partial charge in [-0.1, -0.05) is 34.1 Å². The highest BCUT2D eigenvalue weighted by atomic mass is 79.9. The molecule has 0 spiro atoms. The van der Waals surface area contributed by atoms with Gasteiger partial charge >= 0.3 is 0 Å². The van der Waals surface area contributed by atoms with Crippen LogP contribution in [0.25, 0.3) is 0 Å².